The Morgan fingerprint density at radius 1 is 1.29 bits per heavy atom. The van der Waals surface area contributed by atoms with Gasteiger partial charge in [-0.1, -0.05) is 12.1 Å². The number of nitrogens with zero attached hydrogens (tertiary/aromatic N) is 1. The molecule has 0 atom stereocenters. The zero-order valence-corrected chi connectivity index (χ0v) is 17.9. The summed E-state index contributed by atoms with van der Waals surface area (Å²) in [5.41, 5.74) is 0.820. The van der Waals surface area contributed by atoms with Crippen molar-refractivity contribution in [2.75, 3.05) is 13.2 Å². The molecule has 0 aliphatic carbocycles. The monoisotopic (exact) mass is 454 g/mol. The first-order valence-corrected chi connectivity index (χ1v) is 9.70. The minimum atomic E-state index is -0.584. The van der Waals surface area contributed by atoms with Crippen LogP contribution in [-0.4, -0.2) is 35.4 Å². The van der Waals surface area contributed by atoms with Gasteiger partial charge in [-0.05, 0) is 61.3 Å². The Morgan fingerprint density at radius 2 is 2.00 bits per heavy atom. The molecule has 0 aliphatic rings. The Labute approximate surface area is 172 Å². The van der Waals surface area contributed by atoms with E-state index in [-0.39, 0.29) is 13.2 Å². The van der Waals surface area contributed by atoms with E-state index < -0.39 is 23.5 Å². The summed E-state index contributed by atoms with van der Waals surface area (Å²) in [5, 5.41) is 2.67. The molecule has 0 fully saturated rings. The van der Waals surface area contributed by atoms with Crippen molar-refractivity contribution in [2.45, 2.75) is 39.8 Å². The van der Waals surface area contributed by atoms with Gasteiger partial charge in [0.05, 0.1) is 16.8 Å². The summed E-state index contributed by atoms with van der Waals surface area (Å²) in [7, 11) is 0. The van der Waals surface area contributed by atoms with Crippen LogP contribution in [-0.2, 0) is 16.0 Å². The fourth-order valence-corrected chi connectivity index (χ4v) is 3.29. The van der Waals surface area contributed by atoms with Crippen LogP contribution in [0.2, 0.25) is 0 Å². The van der Waals surface area contributed by atoms with Crippen LogP contribution in [0.25, 0.3) is 11.1 Å². The highest BCUT2D eigenvalue weighted by molar-refractivity contribution is 9.10. The summed E-state index contributed by atoms with van der Waals surface area (Å²) >= 11 is 3.49. The molecule has 1 amide bonds. The molecule has 0 unspecified atom stereocenters. The summed E-state index contributed by atoms with van der Waals surface area (Å²) in [6.07, 6.45) is 1.10. The van der Waals surface area contributed by atoms with Crippen LogP contribution >= 0.6 is 15.9 Å². The van der Waals surface area contributed by atoms with E-state index in [1.54, 1.807) is 50.6 Å². The van der Waals surface area contributed by atoms with E-state index in [1.165, 1.54) is 12.1 Å². The van der Waals surface area contributed by atoms with Crippen molar-refractivity contribution >= 4 is 28.0 Å². The minimum Gasteiger partial charge on any atom is -0.462 e. The van der Waals surface area contributed by atoms with E-state index in [9.17, 15) is 14.0 Å². The molecule has 0 spiro atoms. The van der Waals surface area contributed by atoms with Crippen LogP contribution in [0.4, 0.5) is 9.18 Å². The molecule has 1 aromatic carbocycles. The van der Waals surface area contributed by atoms with Crippen molar-refractivity contribution in [3.05, 3.63) is 46.4 Å². The lowest BCUT2D eigenvalue weighted by molar-refractivity contribution is 0.0514. The Morgan fingerprint density at radius 3 is 2.61 bits per heavy atom. The van der Waals surface area contributed by atoms with E-state index in [0.29, 0.717) is 27.8 Å². The molecule has 0 bridgehead atoms. The minimum absolute atomic E-state index is 0.227. The first-order chi connectivity index (χ1) is 13.1. The number of halogens is 2. The summed E-state index contributed by atoms with van der Waals surface area (Å²) in [6, 6.07) is 5.98. The fourth-order valence-electron chi connectivity index (χ4n) is 2.57. The van der Waals surface area contributed by atoms with Crippen molar-refractivity contribution in [1.82, 2.24) is 9.88 Å². The number of carbonyl (C=O) groups excluding carboxylic acids is 2. The second-order valence-corrected chi connectivity index (χ2v) is 7.81. The molecule has 8 heteroatoms. The first-order valence-electron chi connectivity index (χ1n) is 8.91. The zero-order valence-electron chi connectivity index (χ0n) is 16.3. The fraction of sp³-hybridized carbons (Fsp3) is 0.400. The van der Waals surface area contributed by atoms with Crippen LogP contribution in [0.3, 0.4) is 0 Å². The second-order valence-electron chi connectivity index (χ2n) is 7.06. The van der Waals surface area contributed by atoms with Crippen LogP contribution in [0.5, 0.6) is 0 Å². The third-order valence-corrected chi connectivity index (χ3v) is 4.49. The van der Waals surface area contributed by atoms with Gasteiger partial charge in [0.15, 0.2) is 0 Å². The van der Waals surface area contributed by atoms with Crippen molar-refractivity contribution in [2.24, 2.45) is 0 Å². The Bertz CT molecular complexity index is 858. The summed E-state index contributed by atoms with van der Waals surface area (Å²) in [5.74, 6) is -0.903. The maximum absolute atomic E-state index is 13.7. The molecule has 1 heterocycles. The van der Waals surface area contributed by atoms with E-state index in [0.717, 1.165) is 0 Å². The third kappa shape index (κ3) is 5.82. The average molecular weight is 455 g/mol. The molecule has 2 rings (SSSR count). The number of esters is 1. The van der Waals surface area contributed by atoms with E-state index in [4.69, 9.17) is 9.47 Å². The van der Waals surface area contributed by atoms with Crippen LogP contribution in [0.15, 0.2) is 35.1 Å². The molecule has 1 N–H and O–H groups in total. The maximum atomic E-state index is 13.7. The molecule has 6 nitrogen and oxygen atoms in total. The normalized spacial score (nSPS) is 11.2. The molecule has 2 aromatic rings. The maximum Gasteiger partial charge on any atom is 0.407 e. The second kappa shape index (κ2) is 9.23. The van der Waals surface area contributed by atoms with Gasteiger partial charge in [0.2, 0.25) is 0 Å². The Hall–Kier alpha value is -2.35. The van der Waals surface area contributed by atoms with Gasteiger partial charge in [-0.3, -0.25) is 0 Å². The number of amides is 1. The molecule has 152 valence electrons. The first kappa shape index (κ1) is 21.9. The number of nitrogens with one attached hydrogen (secondary N) is 1. The number of hydrogen-bond donors (Lipinski definition) is 1. The highest BCUT2D eigenvalue weighted by Gasteiger charge is 2.22. The number of alkyl carbamates (subject to hydrolysis) is 1. The molecular formula is C20H24BrFN2O4. The van der Waals surface area contributed by atoms with Crippen LogP contribution in [0, 0.1) is 5.82 Å². The molecular weight excluding hydrogens is 431 g/mol. The summed E-state index contributed by atoms with van der Waals surface area (Å²) in [4.78, 5) is 24.2. The molecule has 0 aliphatic heterocycles. The lowest BCUT2D eigenvalue weighted by Crippen LogP contribution is -2.34. The topological polar surface area (TPSA) is 69.6 Å². The standard InChI is InChI=1S/C20H24BrFN2O4/c1-5-27-18(25)15-12-24(10-9-23-19(26)28-20(2,3)4)17(21)16(15)13-7-6-8-14(22)11-13/h6-8,11-12H,5,9-10H2,1-4H3,(H,23,26). The quantitative estimate of drug-likeness (QED) is 0.638. The summed E-state index contributed by atoms with van der Waals surface area (Å²) in [6.45, 7) is 7.96. The number of rotatable bonds is 6. The lowest BCUT2D eigenvalue weighted by Gasteiger charge is -2.19. The molecule has 28 heavy (non-hydrogen) atoms. The number of hydrogen-bond acceptors (Lipinski definition) is 4. The van der Waals surface area contributed by atoms with Gasteiger partial charge in [0.1, 0.15) is 11.4 Å². The van der Waals surface area contributed by atoms with Gasteiger partial charge in [-0.15, -0.1) is 0 Å². The summed E-state index contributed by atoms with van der Waals surface area (Å²) < 4.78 is 26.4. The highest BCUT2D eigenvalue weighted by atomic mass is 79.9. The molecule has 0 saturated carbocycles. The zero-order chi connectivity index (χ0) is 20.9. The van der Waals surface area contributed by atoms with Gasteiger partial charge < -0.3 is 19.4 Å². The van der Waals surface area contributed by atoms with E-state index in [2.05, 4.69) is 21.2 Å². The van der Waals surface area contributed by atoms with Crippen molar-refractivity contribution in [3.63, 3.8) is 0 Å². The molecule has 0 saturated heterocycles. The average Bonchev–Trinajstić information content (AvgIpc) is 2.90. The van der Waals surface area contributed by atoms with Gasteiger partial charge >= 0.3 is 12.1 Å². The number of benzene rings is 1. The smallest absolute Gasteiger partial charge is 0.407 e. The highest BCUT2D eigenvalue weighted by Crippen LogP contribution is 2.34. The number of aromatic nitrogens is 1. The van der Waals surface area contributed by atoms with Gasteiger partial charge in [-0.25, -0.2) is 14.0 Å². The Balaban J connectivity index is 2.25. The SMILES string of the molecule is CCOC(=O)c1cn(CCNC(=O)OC(C)(C)C)c(Br)c1-c1cccc(F)c1. The van der Waals surface area contributed by atoms with Crippen molar-refractivity contribution in [3.8, 4) is 11.1 Å². The molecule has 1 aromatic heterocycles. The number of ether oxygens (including phenoxy) is 2. The lowest BCUT2D eigenvalue weighted by atomic mass is 10.0. The van der Waals surface area contributed by atoms with Crippen molar-refractivity contribution < 1.29 is 23.5 Å². The van der Waals surface area contributed by atoms with Gasteiger partial charge in [0, 0.05) is 24.8 Å². The van der Waals surface area contributed by atoms with E-state index in [1.807, 2.05) is 0 Å². The van der Waals surface area contributed by atoms with Gasteiger partial charge in [-0.2, -0.15) is 0 Å². The predicted molar refractivity (Wildman–Crippen MR) is 108 cm³/mol. The van der Waals surface area contributed by atoms with Gasteiger partial charge in [0.25, 0.3) is 0 Å². The van der Waals surface area contributed by atoms with Crippen LogP contribution in [0.1, 0.15) is 38.1 Å². The van der Waals surface area contributed by atoms with E-state index >= 15 is 0 Å². The van der Waals surface area contributed by atoms with Crippen molar-refractivity contribution in [1.29, 1.82) is 0 Å². The largest absolute Gasteiger partial charge is 0.462 e. The predicted octanol–water partition coefficient (Wildman–Crippen LogP) is 4.76. The Kier molecular flexibility index (Phi) is 7.23. The number of carbonyl (C=O) groups is 2. The molecule has 0 radical (unpaired) electrons. The van der Waals surface area contributed by atoms with Crippen LogP contribution < -0.4 is 5.32 Å². The third-order valence-electron chi connectivity index (χ3n) is 3.64.